The molecule has 5 heteroatoms. The molecular weight excluding hydrogens is 325 g/mol. The molecule has 0 saturated heterocycles. The highest BCUT2D eigenvalue weighted by Crippen LogP contribution is 2.30. The molecule has 0 unspecified atom stereocenters. The van der Waals surface area contributed by atoms with Crippen LogP contribution < -0.4 is 4.31 Å². The Balaban J connectivity index is 2.62. The topological polar surface area (TPSA) is 37.4 Å². The van der Waals surface area contributed by atoms with Crippen molar-refractivity contribution in [2.45, 2.75) is 39.5 Å². The van der Waals surface area contributed by atoms with Gasteiger partial charge in [-0.3, -0.25) is 4.31 Å². The molecule has 0 atom stereocenters. The Hall–Kier alpha value is -1.88. The molecule has 3 nitrogen and oxygen atoms in total. The fourth-order valence-electron chi connectivity index (χ4n) is 2.76. The molecule has 0 aromatic heterocycles. The van der Waals surface area contributed by atoms with Crippen molar-refractivity contribution in [2.24, 2.45) is 5.92 Å². The zero-order valence-corrected chi connectivity index (χ0v) is 15.6. The Morgan fingerprint density at radius 3 is 2.21 bits per heavy atom. The molecule has 2 aromatic rings. The van der Waals surface area contributed by atoms with E-state index in [9.17, 15) is 12.8 Å². The van der Waals surface area contributed by atoms with Gasteiger partial charge in [0.05, 0.1) is 10.6 Å². The maximum absolute atomic E-state index is 13.4. The molecule has 2 aromatic carbocycles. The third-order valence-corrected chi connectivity index (χ3v) is 5.80. The van der Waals surface area contributed by atoms with E-state index in [1.165, 1.54) is 22.5 Å². The highest BCUT2D eigenvalue weighted by atomic mass is 32.2. The maximum atomic E-state index is 13.4. The largest absolute Gasteiger partial charge is 0.266 e. The Bertz CT molecular complexity index is 844. The molecule has 0 fully saturated rings. The third kappa shape index (κ3) is 3.78. The van der Waals surface area contributed by atoms with Gasteiger partial charge >= 0.3 is 0 Å². The standard InChI is InChI=1S/C19H24FNO2S/c1-13(2)12-21(18-8-6-14(3)10-15(18)4)24(22,23)19-9-7-17(20)11-16(19)5/h6-11,13H,12H2,1-5H3. The second-order valence-corrected chi connectivity index (χ2v) is 8.46. The molecule has 0 spiro atoms. The highest BCUT2D eigenvalue weighted by Gasteiger charge is 2.28. The van der Waals surface area contributed by atoms with Gasteiger partial charge in [-0.2, -0.15) is 0 Å². The van der Waals surface area contributed by atoms with E-state index >= 15 is 0 Å². The number of benzene rings is 2. The SMILES string of the molecule is Cc1ccc(N(CC(C)C)S(=O)(=O)c2ccc(F)cc2C)c(C)c1. The first-order valence-corrected chi connectivity index (χ1v) is 9.43. The fourth-order valence-corrected chi connectivity index (χ4v) is 4.67. The quantitative estimate of drug-likeness (QED) is 0.791. The molecule has 0 amide bonds. The lowest BCUT2D eigenvalue weighted by Gasteiger charge is -2.28. The Labute approximate surface area is 144 Å². The minimum Gasteiger partial charge on any atom is -0.266 e. The van der Waals surface area contributed by atoms with Gasteiger partial charge in [-0.25, -0.2) is 12.8 Å². The summed E-state index contributed by atoms with van der Waals surface area (Å²) in [6.07, 6.45) is 0. The summed E-state index contributed by atoms with van der Waals surface area (Å²) in [6.45, 7) is 9.81. The first-order chi connectivity index (χ1) is 11.1. The van der Waals surface area contributed by atoms with E-state index in [4.69, 9.17) is 0 Å². The van der Waals surface area contributed by atoms with Crippen LogP contribution in [0.4, 0.5) is 10.1 Å². The summed E-state index contributed by atoms with van der Waals surface area (Å²) in [6, 6.07) is 9.50. The zero-order chi connectivity index (χ0) is 18.1. The predicted molar refractivity (Wildman–Crippen MR) is 96.4 cm³/mol. The lowest BCUT2D eigenvalue weighted by molar-refractivity contribution is 0.576. The molecular formula is C19H24FNO2S. The lowest BCUT2D eigenvalue weighted by Crippen LogP contribution is -2.35. The molecule has 0 aliphatic rings. The van der Waals surface area contributed by atoms with Crippen molar-refractivity contribution in [1.29, 1.82) is 0 Å². The van der Waals surface area contributed by atoms with Crippen LogP contribution >= 0.6 is 0 Å². The predicted octanol–water partition coefficient (Wildman–Crippen LogP) is 4.60. The van der Waals surface area contributed by atoms with E-state index in [2.05, 4.69) is 0 Å². The van der Waals surface area contributed by atoms with Gasteiger partial charge in [0, 0.05) is 6.54 Å². The van der Waals surface area contributed by atoms with E-state index in [0.717, 1.165) is 11.1 Å². The number of hydrogen-bond acceptors (Lipinski definition) is 2. The first kappa shape index (κ1) is 18.5. The van der Waals surface area contributed by atoms with E-state index in [0.29, 0.717) is 17.8 Å². The second kappa shape index (κ2) is 6.93. The molecule has 130 valence electrons. The number of rotatable bonds is 5. The normalized spacial score (nSPS) is 11.8. The molecule has 0 bridgehead atoms. The smallest absolute Gasteiger partial charge is 0.264 e. The average molecular weight is 349 g/mol. The number of sulfonamides is 1. The van der Waals surface area contributed by atoms with E-state index in [1.807, 2.05) is 45.9 Å². The molecule has 0 saturated carbocycles. The Morgan fingerprint density at radius 2 is 1.67 bits per heavy atom. The van der Waals surface area contributed by atoms with Crippen LogP contribution in [0.3, 0.4) is 0 Å². The Kier molecular flexibility index (Phi) is 5.33. The number of halogens is 1. The van der Waals surface area contributed by atoms with Crippen molar-refractivity contribution in [1.82, 2.24) is 0 Å². The summed E-state index contributed by atoms with van der Waals surface area (Å²) in [4.78, 5) is 0.143. The van der Waals surface area contributed by atoms with Gasteiger partial charge in [0.1, 0.15) is 5.82 Å². The summed E-state index contributed by atoms with van der Waals surface area (Å²) in [5.41, 5.74) is 3.06. The average Bonchev–Trinajstić information content (AvgIpc) is 2.44. The maximum Gasteiger partial charge on any atom is 0.264 e. The van der Waals surface area contributed by atoms with Gasteiger partial charge in [0.25, 0.3) is 10.0 Å². The van der Waals surface area contributed by atoms with Crippen molar-refractivity contribution in [3.8, 4) is 0 Å². The third-order valence-electron chi connectivity index (χ3n) is 3.86. The number of aryl methyl sites for hydroxylation is 3. The van der Waals surface area contributed by atoms with Gasteiger partial charge in [-0.15, -0.1) is 0 Å². The Morgan fingerprint density at radius 1 is 1.00 bits per heavy atom. The van der Waals surface area contributed by atoms with Crippen molar-refractivity contribution >= 4 is 15.7 Å². The van der Waals surface area contributed by atoms with Crippen LogP contribution in [0, 0.1) is 32.5 Å². The van der Waals surface area contributed by atoms with Crippen molar-refractivity contribution in [2.75, 3.05) is 10.8 Å². The van der Waals surface area contributed by atoms with Crippen LogP contribution in [0.1, 0.15) is 30.5 Å². The van der Waals surface area contributed by atoms with Gasteiger partial charge in [0.2, 0.25) is 0 Å². The summed E-state index contributed by atoms with van der Waals surface area (Å²) in [5, 5.41) is 0. The molecule has 0 radical (unpaired) electrons. The van der Waals surface area contributed by atoms with Crippen LogP contribution in [0.2, 0.25) is 0 Å². The highest BCUT2D eigenvalue weighted by molar-refractivity contribution is 7.92. The molecule has 0 N–H and O–H groups in total. The van der Waals surface area contributed by atoms with E-state index in [1.54, 1.807) is 6.92 Å². The number of hydrogen-bond donors (Lipinski definition) is 0. The minimum atomic E-state index is -3.77. The summed E-state index contributed by atoms with van der Waals surface area (Å²) >= 11 is 0. The summed E-state index contributed by atoms with van der Waals surface area (Å²) in [5.74, 6) is -0.283. The van der Waals surface area contributed by atoms with Crippen LogP contribution in [0.25, 0.3) is 0 Å². The fraction of sp³-hybridized carbons (Fsp3) is 0.368. The van der Waals surface area contributed by atoms with Crippen LogP contribution in [-0.4, -0.2) is 15.0 Å². The molecule has 0 heterocycles. The number of nitrogens with zero attached hydrogens (tertiary/aromatic N) is 1. The van der Waals surface area contributed by atoms with Crippen LogP contribution in [0.5, 0.6) is 0 Å². The van der Waals surface area contributed by atoms with E-state index < -0.39 is 15.8 Å². The summed E-state index contributed by atoms with van der Waals surface area (Å²) in [7, 11) is -3.77. The van der Waals surface area contributed by atoms with Crippen molar-refractivity contribution in [3.05, 3.63) is 58.9 Å². The molecule has 24 heavy (non-hydrogen) atoms. The van der Waals surface area contributed by atoms with Crippen molar-refractivity contribution < 1.29 is 12.8 Å². The van der Waals surface area contributed by atoms with Gasteiger partial charge in [-0.1, -0.05) is 31.5 Å². The first-order valence-electron chi connectivity index (χ1n) is 7.99. The summed E-state index contributed by atoms with van der Waals surface area (Å²) < 4.78 is 41.3. The molecule has 0 aliphatic carbocycles. The van der Waals surface area contributed by atoms with Crippen LogP contribution in [-0.2, 0) is 10.0 Å². The lowest BCUT2D eigenvalue weighted by atomic mass is 10.1. The second-order valence-electron chi connectivity index (χ2n) is 6.63. The van der Waals surface area contributed by atoms with E-state index in [-0.39, 0.29) is 10.8 Å². The number of anilines is 1. The van der Waals surface area contributed by atoms with Crippen LogP contribution in [0.15, 0.2) is 41.3 Å². The zero-order valence-electron chi connectivity index (χ0n) is 14.8. The monoisotopic (exact) mass is 349 g/mol. The minimum absolute atomic E-state index is 0.143. The molecule has 2 rings (SSSR count). The van der Waals surface area contributed by atoms with Gasteiger partial charge in [0.15, 0.2) is 0 Å². The van der Waals surface area contributed by atoms with Gasteiger partial charge in [-0.05, 0) is 62.1 Å². The van der Waals surface area contributed by atoms with Gasteiger partial charge < -0.3 is 0 Å². The molecule has 0 aliphatic heterocycles. The van der Waals surface area contributed by atoms with Crippen molar-refractivity contribution in [3.63, 3.8) is 0 Å².